The Morgan fingerprint density at radius 2 is 2.10 bits per heavy atom. The van der Waals surface area contributed by atoms with Gasteiger partial charge in [0.05, 0.1) is 10.4 Å². The molecule has 0 saturated carbocycles. The van der Waals surface area contributed by atoms with Crippen molar-refractivity contribution in [3.8, 4) is 5.75 Å². The van der Waals surface area contributed by atoms with Crippen LogP contribution in [-0.4, -0.2) is 24.5 Å². The average molecular weight is 340 g/mol. The van der Waals surface area contributed by atoms with Gasteiger partial charge in [-0.2, -0.15) is 0 Å². The molecular formula is C12H8BrN2O5-. The number of nitrogens with one attached hydrogen (secondary N) is 2. The van der Waals surface area contributed by atoms with Crippen LogP contribution in [0.2, 0.25) is 0 Å². The SMILES string of the molecule is O=C([O-])COc1ccc(/C=C2/NC(=O)NC2=O)cc1Br. The van der Waals surface area contributed by atoms with E-state index in [0.29, 0.717) is 15.8 Å². The summed E-state index contributed by atoms with van der Waals surface area (Å²) in [7, 11) is 0. The summed E-state index contributed by atoms with van der Waals surface area (Å²) >= 11 is 3.22. The highest BCUT2D eigenvalue weighted by atomic mass is 79.9. The molecule has 2 N–H and O–H groups in total. The summed E-state index contributed by atoms with van der Waals surface area (Å²) in [5.41, 5.74) is 0.760. The van der Waals surface area contributed by atoms with Gasteiger partial charge in [-0.1, -0.05) is 6.07 Å². The molecule has 104 valence electrons. The van der Waals surface area contributed by atoms with Crippen LogP contribution in [0.25, 0.3) is 6.08 Å². The molecule has 1 heterocycles. The Balaban J connectivity index is 2.17. The molecule has 0 aromatic heterocycles. The van der Waals surface area contributed by atoms with Gasteiger partial charge in [0, 0.05) is 0 Å². The van der Waals surface area contributed by atoms with Crippen molar-refractivity contribution in [2.24, 2.45) is 0 Å². The fraction of sp³-hybridized carbons (Fsp3) is 0.0833. The number of benzene rings is 1. The first kappa shape index (κ1) is 14.1. The molecule has 2 rings (SSSR count). The highest BCUT2D eigenvalue weighted by Gasteiger charge is 2.22. The summed E-state index contributed by atoms with van der Waals surface area (Å²) in [6.45, 7) is -0.558. The van der Waals surface area contributed by atoms with Crippen molar-refractivity contribution in [1.29, 1.82) is 0 Å². The number of carboxylic acids is 1. The van der Waals surface area contributed by atoms with Gasteiger partial charge in [-0.05, 0) is 39.7 Å². The molecule has 0 unspecified atom stereocenters. The van der Waals surface area contributed by atoms with Crippen molar-refractivity contribution in [2.75, 3.05) is 6.61 Å². The maximum absolute atomic E-state index is 11.3. The summed E-state index contributed by atoms with van der Waals surface area (Å²) in [5, 5.41) is 14.7. The molecule has 0 bridgehead atoms. The Labute approximate surface area is 121 Å². The number of amides is 3. The van der Waals surface area contributed by atoms with Gasteiger partial charge < -0.3 is 20.0 Å². The van der Waals surface area contributed by atoms with Gasteiger partial charge in [-0.25, -0.2) is 4.79 Å². The largest absolute Gasteiger partial charge is 0.546 e. The van der Waals surface area contributed by atoms with E-state index in [-0.39, 0.29) is 5.70 Å². The zero-order chi connectivity index (χ0) is 14.7. The van der Waals surface area contributed by atoms with Gasteiger partial charge in [0.1, 0.15) is 18.1 Å². The number of hydrogen-bond donors (Lipinski definition) is 2. The molecule has 3 amide bonds. The van der Waals surface area contributed by atoms with Crippen LogP contribution < -0.4 is 20.5 Å². The van der Waals surface area contributed by atoms with E-state index in [1.807, 2.05) is 0 Å². The Morgan fingerprint density at radius 1 is 1.35 bits per heavy atom. The first-order valence-corrected chi connectivity index (χ1v) is 6.21. The van der Waals surface area contributed by atoms with Crippen molar-refractivity contribution in [3.63, 3.8) is 0 Å². The van der Waals surface area contributed by atoms with Crippen molar-refractivity contribution in [2.45, 2.75) is 0 Å². The van der Waals surface area contributed by atoms with Crippen LogP contribution in [0.5, 0.6) is 5.75 Å². The summed E-state index contributed by atoms with van der Waals surface area (Å²) in [5.74, 6) is -1.51. The number of urea groups is 1. The summed E-state index contributed by atoms with van der Waals surface area (Å²) in [6, 6.07) is 4.19. The minimum Gasteiger partial charge on any atom is -0.546 e. The third kappa shape index (κ3) is 3.35. The predicted octanol–water partition coefficient (Wildman–Crippen LogP) is -0.242. The number of halogens is 1. The van der Waals surface area contributed by atoms with Gasteiger partial charge in [0.2, 0.25) is 0 Å². The molecule has 0 atom stereocenters. The van der Waals surface area contributed by atoms with Gasteiger partial charge in [-0.15, -0.1) is 0 Å². The Kier molecular flexibility index (Phi) is 4.04. The Hall–Kier alpha value is -2.35. The molecule has 1 saturated heterocycles. The molecule has 1 aromatic rings. The third-order valence-corrected chi connectivity index (χ3v) is 2.95. The quantitative estimate of drug-likeness (QED) is 0.581. The first-order chi connectivity index (χ1) is 9.45. The number of carboxylic acid groups (broad SMARTS) is 1. The predicted molar refractivity (Wildman–Crippen MR) is 69.3 cm³/mol. The first-order valence-electron chi connectivity index (χ1n) is 5.42. The molecule has 1 aliphatic heterocycles. The van der Waals surface area contributed by atoms with Gasteiger partial charge in [-0.3, -0.25) is 10.1 Å². The van der Waals surface area contributed by atoms with Gasteiger partial charge in [0.25, 0.3) is 5.91 Å². The lowest BCUT2D eigenvalue weighted by Crippen LogP contribution is -2.29. The average Bonchev–Trinajstić information content (AvgIpc) is 2.66. The maximum Gasteiger partial charge on any atom is 0.326 e. The van der Waals surface area contributed by atoms with Crippen LogP contribution in [0, 0.1) is 0 Å². The Bertz CT molecular complexity index is 626. The topological polar surface area (TPSA) is 108 Å². The Morgan fingerprint density at radius 3 is 2.65 bits per heavy atom. The highest BCUT2D eigenvalue weighted by molar-refractivity contribution is 9.10. The van der Waals surface area contributed by atoms with Crippen LogP contribution in [0.15, 0.2) is 28.4 Å². The number of aliphatic carboxylic acids is 1. The van der Waals surface area contributed by atoms with E-state index in [9.17, 15) is 19.5 Å². The maximum atomic E-state index is 11.3. The molecular weight excluding hydrogens is 332 g/mol. The second kappa shape index (κ2) is 5.74. The van der Waals surface area contributed by atoms with Crippen LogP contribution >= 0.6 is 15.9 Å². The fourth-order valence-electron chi connectivity index (χ4n) is 1.51. The van der Waals surface area contributed by atoms with Crippen molar-refractivity contribution >= 4 is 39.9 Å². The lowest BCUT2D eigenvalue weighted by molar-refractivity contribution is -0.307. The smallest absolute Gasteiger partial charge is 0.326 e. The minimum absolute atomic E-state index is 0.130. The number of rotatable bonds is 4. The monoisotopic (exact) mass is 339 g/mol. The number of carbonyl (C=O) groups excluding carboxylic acids is 3. The number of ether oxygens (including phenoxy) is 1. The minimum atomic E-state index is -1.33. The summed E-state index contributed by atoms with van der Waals surface area (Å²) in [4.78, 5) is 32.6. The summed E-state index contributed by atoms with van der Waals surface area (Å²) < 4.78 is 5.49. The van der Waals surface area contributed by atoms with Crippen molar-refractivity contribution in [1.82, 2.24) is 10.6 Å². The van der Waals surface area contributed by atoms with E-state index >= 15 is 0 Å². The van der Waals surface area contributed by atoms with Crippen LogP contribution in [0.4, 0.5) is 4.79 Å². The van der Waals surface area contributed by atoms with Gasteiger partial charge >= 0.3 is 6.03 Å². The fourth-order valence-corrected chi connectivity index (χ4v) is 2.02. The lowest BCUT2D eigenvalue weighted by Gasteiger charge is -2.09. The third-order valence-electron chi connectivity index (χ3n) is 2.33. The molecule has 20 heavy (non-hydrogen) atoms. The molecule has 1 aromatic carbocycles. The van der Waals surface area contributed by atoms with Crippen LogP contribution in [0.1, 0.15) is 5.56 Å². The number of imide groups is 1. The van der Waals surface area contributed by atoms with Crippen LogP contribution in [-0.2, 0) is 9.59 Å². The van der Waals surface area contributed by atoms with E-state index in [4.69, 9.17) is 4.74 Å². The van der Waals surface area contributed by atoms with Gasteiger partial charge in [0.15, 0.2) is 0 Å². The second-order valence-electron chi connectivity index (χ2n) is 3.82. The summed E-state index contributed by atoms with van der Waals surface area (Å²) in [6.07, 6.45) is 1.48. The van der Waals surface area contributed by atoms with Crippen molar-refractivity contribution < 1.29 is 24.2 Å². The molecule has 1 aliphatic rings. The molecule has 0 spiro atoms. The van der Waals surface area contributed by atoms with E-state index < -0.39 is 24.5 Å². The van der Waals surface area contributed by atoms with Crippen LogP contribution in [0.3, 0.4) is 0 Å². The zero-order valence-electron chi connectivity index (χ0n) is 9.94. The molecule has 7 nitrogen and oxygen atoms in total. The molecule has 0 radical (unpaired) electrons. The standard InChI is InChI=1S/C12H9BrN2O5/c13-7-3-6(1-2-9(7)20-5-10(16)17)4-8-11(18)15-12(19)14-8/h1-4H,5H2,(H,16,17)(H2,14,15,18,19)/p-1/b8-4+. The normalized spacial score (nSPS) is 15.9. The van der Waals surface area contributed by atoms with E-state index in [1.54, 1.807) is 12.1 Å². The lowest BCUT2D eigenvalue weighted by atomic mass is 10.2. The zero-order valence-corrected chi connectivity index (χ0v) is 11.5. The van der Waals surface area contributed by atoms with E-state index in [1.165, 1.54) is 12.1 Å². The van der Waals surface area contributed by atoms with E-state index in [0.717, 1.165) is 0 Å². The second-order valence-corrected chi connectivity index (χ2v) is 4.67. The van der Waals surface area contributed by atoms with Crippen molar-refractivity contribution in [3.05, 3.63) is 33.9 Å². The van der Waals surface area contributed by atoms with E-state index in [2.05, 4.69) is 26.6 Å². The number of carbonyl (C=O) groups is 3. The number of hydrogen-bond acceptors (Lipinski definition) is 5. The highest BCUT2D eigenvalue weighted by Crippen LogP contribution is 2.26. The molecule has 0 aliphatic carbocycles. The molecule has 8 heteroatoms. The molecule has 1 fully saturated rings.